The predicted octanol–water partition coefficient (Wildman–Crippen LogP) is 1.71. The standard InChI is InChI=1S/C13H23NO3/c1-6-13(7-2)8-10(16)14(11(13)17)12(4,5)9(3)15/h9,15H,6-8H2,1-5H3. The highest BCUT2D eigenvalue weighted by Crippen LogP contribution is 2.42. The van der Waals surface area contributed by atoms with Crippen molar-refractivity contribution >= 4 is 11.8 Å². The summed E-state index contributed by atoms with van der Waals surface area (Å²) in [6, 6.07) is 0. The van der Waals surface area contributed by atoms with Crippen LogP contribution in [0.25, 0.3) is 0 Å². The second-order valence-corrected chi connectivity index (χ2v) is 5.53. The molecule has 0 aromatic rings. The third-order valence-electron chi connectivity index (χ3n) is 4.35. The van der Waals surface area contributed by atoms with Crippen LogP contribution in [-0.4, -0.2) is 33.5 Å². The fourth-order valence-corrected chi connectivity index (χ4v) is 2.37. The number of nitrogens with zero attached hydrogens (tertiary/aromatic N) is 1. The normalized spacial score (nSPS) is 22.1. The lowest BCUT2D eigenvalue weighted by Crippen LogP contribution is -2.55. The van der Waals surface area contributed by atoms with Crippen LogP contribution >= 0.6 is 0 Å². The van der Waals surface area contributed by atoms with Crippen LogP contribution < -0.4 is 0 Å². The number of hydrogen-bond donors (Lipinski definition) is 1. The molecule has 1 aliphatic heterocycles. The zero-order chi connectivity index (χ0) is 13.4. The molecule has 0 saturated carbocycles. The van der Waals surface area contributed by atoms with E-state index in [2.05, 4.69) is 0 Å². The minimum atomic E-state index is -0.833. The molecule has 0 aromatic carbocycles. The van der Waals surface area contributed by atoms with Crippen molar-refractivity contribution in [1.82, 2.24) is 4.90 Å². The molecule has 1 saturated heterocycles. The number of rotatable bonds is 4. The SMILES string of the molecule is CCC1(CC)CC(=O)N(C(C)(C)C(C)O)C1=O. The molecule has 4 nitrogen and oxygen atoms in total. The Bertz CT molecular complexity index is 330. The highest BCUT2D eigenvalue weighted by atomic mass is 16.3. The van der Waals surface area contributed by atoms with Gasteiger partial charge in [-0.3, -0.25) is 14.5 Å². The first kappa shape index (κ1) is 14.2. The molecule has 1 fully saturated rings. The third kappa shape index (κ3) is 1.99. The Morgan fingerprint density at radius 2 is 1.82 bits per heavy atom. The molecule has 1 atom stereocenters. The second-order valence-electron chi connectivity index (χ2n) is 5.53. The van der Waals surface area contributed by atoms with Gasteiger partial charge in [-0.1, -0.05) is 13.8 Å². The Balaban J connectivity index is 3.14. The molecule has 1 unspecified atom stereocenters. The Morgan fingerprint density at radius 3 is 2.12 bits per heavy atom. The third-order valence-corrected chi connectivity index (χ3v) is 4.35. The van der Waals surface area contributed by atoms with Crippen molar-refractivity contribution < 1.29 is 14.7 Å². The number of hydrogen-bond acceptors (Lipinski definition) is 3. The zero-order valence-corrected chi connectivity index (χ0v) is 11.4. The average molecular weight is 241 g/mol. The maximum atomic E-state index is 12.4. The van der Waals surface area contributed by atoms with Crippen LogP contribution in [0.15, 0.2) is 0 Å². The van der Waals surface area contributed by atoms with Gasteiger partial charge >= 0.3 is 0 Å². The molecule has 1 rings (SSSR count). The number of aliphatic hydroxyl groups excluding tert-OH is 1. The average Bonchev–Trinajstić information content (AvgIpc) is 2.50. The lowest BCUT2D eigenvalue weighted by atomic mass is 9.80. The van der Waals surface area contributed by atoms with Crippen LogP contribution in [0.1, 0.15) is 53.9 Å². The van der Waals surface area contributed by atoms with Gasteiger partial charge in [-0.15, -0.1) is 0 Å². The molecular formula is C13H23NO3. The molecular weight excluding hydrogens is 218 g/mol. The summed E-state index contributed by atoms with van der Waals surface area (Å²) in [5, 5.41) is 9.75. The van der Waals surface area contributed by atoms with Crippen LogP contribution in [-0.2, 0) is 9.59 Å². The fraction of sp³-hybridized carbons (Fsp3) is 0.846. The van der Waals surface area contributed by atoms with E-state index in [9.17, 15) is 14.7 Å². The van der Waals surface area contributed by atoms with Gasteiger partial charge in [0.15, 0.2) is 0 Å². The summed E-state index contributed by atoms with van der Waals surface area (Å²) >= 11 is 0. The second kappa shape index (κ2) is 4.41. The van der Waals surface area contributed by atoms with Crippen LogP contribution in [0.4, 0.5) is 0 Å². The molecule has 0 aromatic heterocycles. The lowest BCUT2D eigenvalue weighted by molar-refractivity contribution is -0.152. The van der Waals surface area contributed by atoms with E-state index in [-0.39, 0.29) is 18.2 Å². The molecule has 1 aliphatic rings. The van der Waals surface area contributed by atoms with Gasteiger partial charge in [-0.25, -0.2) is 0 Å². The van der Waals surface area contributed by atoms with Gasteiger partial charge in [0.2, 0.25) is 11.8 Å². The van der Waals surface area contributed by atoms with Gasteiger partial charge in [-0.2, -0.15) is 0 Å². The van der Waals surface area contributed by atoms with Crippen LogP contribution in [0.2, 0.25) is 0 Å². The van der Waals surface area contributed by atoms with Crippen molar-refractivity contribution in [2.75, 3.05) is 0 Å². The number of imide groups is 1. The molecule has 0 radical (unpaired) electrons. The Morgan fingerprint density at radius 1 is 1.35 bits per heavy atom. The molecule has 1 N–H and O–H groups in total. The topological polar surface area (TPSA) is 57.6 Å². The first-order valence-electron chi connectivity index (χ1n) is 6.28. The first-order valence-corrected chi connectivity index (χ1v) is 6.28. The quantitative estimate of drug-likeness (QED) is 0.762. The lowest BCUT2D eigenvalue weighted by Gasteiger charge is -2.37. The van der Waals surface area contributed by atoms with Crippen molar-refractivity contribution in [3.8, 4) is 0 Å². The van der Waals surface area contributed by atoms with Crippen LogP contribution in [0, 0.1) is 5.41 Å². The van der Waals surface area contributed by atoms with Crippen LogP contribution in [0.3, 0.4) is 0 Å². The molecule has 17 heavy (non-hydrogen) atoms. The Hall–Kier alpha value is -0.900. The van der Waals surface area contributed by atoms with E-state index in [0.717, 1.165) is 0 Å². The van der Waals surface area contributed by atoms with Crippen molar-refractivity contribution in [1.29, 1.82) is 0 Å². The highest BCUT2D eigenvalue weighted by Gasteiger charge is 2.54. The molecule has 0 aliphatic carbocycles. The molecule has 1 heterocycles. The number of carbonyl (C=O) groups is 2. The van der Waals surface area contributed by atoms with Crippen molar-refractivity contribution in [2.45, 2.75) is 65.5 Å². The van der Waals surface area contributed by atoms with Gasteiger partial charge in [0.05, 0.1) is 17.1 Å². The maximum absolute atomic E-state index is 12.4. The summed E-state index contributed by atoms with van der Waals surface area (Å²) in [5.41, 5.74) is -1.39. The molecule has 0 spiro atoms. The van der Waals surface area contributed by atoms with Crippen LogP contribution in [0.5, 0.6) is 0 Å². The Labute approximate surface area is 103 Å². The molecule has 0 bridgehead atoms. The molecule has 98 valence electrons. The zero-order valence-electron chi connectivity index (χ0n) is 11.4. The van der Waals surface area contributed by atoms with E-state index >= 15 is 0 Å². The van der Waals surface area contributed by atoms with Gasteiger partial charge in [0.1, 0.15) is 0 Å². The first-order chi connectivity index (χ1) is 7.73. The van der Waals surface area contributed by atoms with E-state index in [4.69, 9.17) is 0 Å². The summed E-state index contributed by atoms with van der Waals surface area (Å²) < 4.78 is 0. The van der Waals surface area contributed by atoms with E-state index in [1.165, 1.54) is 4.90 Å². The van der Waals surface area contributed by atoms with E-state index in [0.29, 0.717) is 12.8 Å². The Kier molecular flexibility index (Phi) is 3.67. The summed E-state index contributed by atoms with van der Waals surface area (Å²) in [6.45, 7) is 8.95. The van der Waals surface area contributed by atoms with Gasteiger partial charge in [0.25, 0.3) is 0 Å². The monoisotopic (exact) mass is 241 g/mol. The van der Waals surface area contributed by atoms with Gasteiger partial charge in [0, 0.05) is 6.42 Å². The van der Waals surface area contributed by atoms with E-state index in [1.54, 1.807) is 20.8 Å². The smallest absolute Gasteiger partial charge is 0.236 e. The highest BCUT2D eigenvalue weighted by molar-refractivity contribution is 6.06. The summed E-state index contributed by atoms with van der Waals surface area (Å²) in [4.78, 5) is 25.8. The van der Waals surface area contributed by atoms with Gasteiger partial charge in [-0.05, 0) is 33.6 Å². The molecule has 4 heteroatoms. The number of likely N-dealkylation sites (tertiary alicyclic amines) is 1. The van der Waals surface area contributed by atoms with Crippen molar-refractivity contribution in [3.05, 3.63) is 0 Å². The van der Waals surface area contributed by atoms with Crippen molar-refractivity contribution in [3.63, 3.8) is 0 Å². The summed E-state index contributed by atoms with van der Waals surface area (Å²) in [7, 11) is 0. The number of amides is 2. The fourth-order valence-electron chi connectivity index (χ4n) is 2.37. The predicted molar refractivity (Wildman–Crippen MR) is 65.2 cm³/mol. The largest absolute Gasteiger partial charge is 0.391 e. The maximum Gasteiger partial charge on any atom is 0.236 e. The van der Waals surface area contributed by atoms with Crippen molar-refractivity contribution in [2.24, 2.45) is 5.41 Å². The van der Waals surface area contributed by atoms with E-state index < -0.39 is 17.1 Å². The van der Waals surface area contributed by atoms with Gasteiger partial charge < -0.3 is 5.11 Å². The minimum Gasteiger partial charge on any atom is -0.391 e. The number of carbonyl (C=O) groups excluding carboxylic acids is 2. The summed E-state index contributed by atoms with van der Waals surface area (Å²) in [6.07, 6.45) is 0.871. The van der Waals surface area contributed by atoms with E-state index in [1.807, 2.05) is 13.8 Å². The minimum absolute atomic E-state index is 0.126. The molecule has 2 amide bonds. The summed E-state index contributed by atoms with van der Waals surface area (Å²) in [5.74, 6) is -0.289. The number of aliphatic hydroxyl groups is 1.